The Kier molecular flexibility index (Phi) is 2.26. The number of primary amides is 1. The minimum absolute atomic E-state index is 0.0774. The molecule has 82 valence electrons. The number of nitrogens with two attached hydrogens (primary N) is 2. The summed E-state index contributed by atoms with van der Waals surface area (Å²) in [5.74, 6) is 0.430. The largest absolute Gasteiger partial charge is 0.394 e. The SMILES string of the molecule is Cn1cc(N)c(N2CCC(C(N)=O)C2)n1. The average molecular weight is 209 g/mol. The van der Waals surface area contributed by atoms with Crippen molar-refractivity contribution in [3.63, 3.8) is 0 Å². The molecule has 2 rings (SSSR count). The van der Waals surface area contributed by atoms with Crippen molar-refractivity contribution < 1.29 is 4.79 Å². The van der Waals surface area contributed by atoms with Gasteiger partial charge in [-0.3, -0.25) is 9.48 Å². The molecule has 4 N–H and O–H groups in total. The van der Waals surface area contributed by atoms with Crippen LogP contribution in [0.15, 0.2) is 6.20 Å². The van der Waals surface area contributed by atoms with Gasteiger partial charge < -0.3 is 16.4 Å². The Bertz CT molecular complexity index is 386. The van der Waals surface area contributed by atoms with Crippen LogP contribution < -0.4 is 16.4 Å². The van der Waals surface area contributed by atoms with E-state index in [9.17, 15) is 4.79 Å². The Morgan fingerprint density at radius 1 is 1.67 bits per heavy atom. The zero-order valence-corrected chi connectivity index (χ0v) is 8.68. The third-order valence-corrected chi connectivity index (χ3v) is 2.73. The van der Waals surface area contributed by atoms with Gasteiger partial charge in [0, 0.05) is 26.3 Å². The number of carbonyl (C=O) groups excluding carboxylic acids is 1. The molecule has 1 fully saturated rings. The molecule has 0 spiro atoms. The van der Waals surface area contributed by atoms with Crippen molar-refractivity contribution in [3.05, 3.63) is 6.20 Å². The van der Waals surface area contributed by atoms with Gasteiger partial charge in [0.05, 0.1) is 11.6 Å². The van der Waals surface area contributed by atoms with Gasteiger partial charge >= 0.3 is 0 Å². The lowest BCUT2D eigenvalue weighted by Gasteiger charge is -2.15. The summed E-state index contributed by atoms with van der Waals surface area (Å²) >= 11 is 0. The zero-order chi connectivity index (χ0) is 11.0. The summed E-state index contributed by atoms with van der Waals surface area (Å²) in [5, 5.41) is 4.25. The molecule has 2 heterocycles. The molecular formula is C9H15N5O. The van der Waals surface area contributed by atoms with Crippen molar-refractivity contribution in [2.45, 2.75) is 6.42 Å². The first-order chi connectivity index (χ1) is 7.08. The van der Waals surface area contributed by atoms with E-state index in [1.54, 1.807) is 10.9 Å². The lowest BCUT2D eigenvalue weighted by atomic mass is 10.1. The van der Waals surface area contributed by atoms with Gasteiger partial charge in [-0.05, 0) is 6.42 Å². The number of aromatic nitrogens is 2. The summed E-state index contributed by atoms with van der Waals surface area (Å²) in [7, 11) is 1.82. The molecule has 1 aromatic rings. The number of aryl methyl sites for hydroxylation is 1. The highest BCUT2D eigenvalue weighted by atomic mass is 16.1. The van der Waals surface area contributed by atoms with Gasteiger partial charge in [0.25, 0.3) is 0 Å². The Morgan fingerprint density at radius 3 is 2.87 bits per heavy atom. The zero-order valence-electron chi connectivity index (χ0n) is 8.68. The van der Waals surface area contributed by atoms with Crippen molar-refractivity contribution in [2.75, 3.05) is 23.7 Å². The van der Waals surface area contributed by atoms with Gasteiger partial charge in [-0.2, -0.15) is 5.10 Å². The van der Waals surface area contributed by atoms with Gasteiger partial charge in [0.2, 0.25) is 5.91 Å². The van der Waals surface area contributed by atoms with Crippen molar-refractivity contribution in [1.29, 1.82) is 0 Å². The number of anilines is 2. The first kappa shape index (κ1) is 9.82. The summed E-state index contributed by atoms with van der Waals surface area (Å²) in [6.07, 6.45) is 2.54. The van der Waals surface area contributed by atoms with Crippen LogP contribution in [0.4, 0.5) is 11.5 Å². The number of nitrogens with zero attached hydrogens (tertiary/aromatic N) is 3. The van der Waals surface area contributed by atoms with Crippen molar-refractivity contribution >= 4 is 17.4 Å². The molecule has 1 aromatic heterocycles. The third kappa shape index (κ3) is 1.74. The van der Waals surface area contributed by atoms with E-state index in [2.05, 4.69) is 5.10 Å². The number of rotatable bonds is 2. The molecule has 0 radical (unpaired) electrons. The second kappa shape index (κ2) is 3.45. The van der Waals surface area contributed by atoms with Crippen molar-refractivity contribution in [2.24, 2.45) is 18.7 Å². The molecule has 0 saturated carbocycles. The smallest absolute Gasteiger partial charge is 0.222 e. The van der Waals surface area contributed by atoms with Crippen molar-refractivity contribution in [3.8, 4) is 0 Å². The topological polar surface area (TPSA) is 90.2 Å². The van der Waals surface area contributed by atoms with Gasteiger partial charge in [-0.25, -0.2) is 0 Å². The number of carbonyl (C=O) groups is 1. The summed E-state index contributed by atoms with van der Waals surface area (Å²) in [6, 6.07) is 0. The van der Waals surface area contributed by atoms with Gasteiger partial charge in [0.15, 0.2) is 5.82 Å². The van der Waals surface area contributed by atoms with E-state index in [0.717, 1.165) is 18.8 Å². The molecule has 6 nitrogen and oxygen atoms in total. The molecular weight excluding hydrogens is 194 g/mol. The highest BCUT2D eigenvalue weighted by Crippen LogP contribution is 2.26. The highest BCUT2D eigenvalue weighted by Gasteiger charge is 2.28. The Balaban J connectivity index is 2.14. The van der Waals surface area contributed by atoms with E-state index >= 15 is 0 Å². The van der Waals surface area contributed by atoms with Crippen LogP contribution in [0.5, 0.6) is 0 Å². The molecule has 0 aliphatic carbocycles. The summed E-state index contributed by atoms with van der Waals surface area (Å²) in [6.45, 7) is 1.41. The monoisotopic (exact) mass is 209 g/mol. The van der Waals surface area contributed by atoms with E-state index in [1.165, 1.54) is 0 Å². The standard InChI is InChI=1S/C9H15N5O/c1-13-5-7(10)9(12-13)14-3-2-6(4-14)8(11)15/h5-6H,2-4,10H2,1H3,(H2,11,15). The molecule has 1 aliphatic rings. The average Bonchev–Trinajstić information content (AvgIpc) is 2.71. The summed E-state index contributed by atoms with van der Waals surface area (Å²) in [4.78, 5) is 13.0. The van der Waals surface area contributed by atoms with Crippen LogP contribution >= 0.6 is 0 Å². The van der Waals surface area contributed by atoms with Crippen LogP contribution in [0.25, 0.3) is 0 Å². The van der Waals surface area contributed by atoms with Gasteiger partial charge in [-0.15, -0.1) is 0 Å². The minimum atomic E-state index is -0.244. The third-order valence-electron chi connectivity index (χ3n) is 2.73. The van der Waals surface area contributed by atoms with Crippen LogP contribution in [0, 0.1) is 5.92 Å². The molecule has 1 unspecified atom stereocenters. The van der Waals surface area contributed by atoms with Crippen molar-refractivity contribution in [1.82, 2.24) is 9.78 Å². The number of amides is 1. The lowest BCUT2D eigenvalue weighted by Crippen LogP contribution is -2.27. The number of nitrogen functional groups attached to an aromatic ring is 1. The highest BCUT2D eigenvalue weighted by molar-refractivity contribution is 5.78. The number of hydrogen-bond acceptors (Lipinski definition) is 4. The maximum Gasteiger partial charge on any atom is 0.222 e. The Morgan fingerprint density at radius 2 is 2.40 bits per heavy atom. The van der Waals surface area contributed by atoms with Gasteiger partial charge in [0.1, 0.15) is 0 Å². The fraction of sp³-hybridized carbons (Fsp3) is 0.556. The molecule has 1 aliphatic heterocycles. The second-order valence-electron chi connectivity index (χ2n) is 3.92. The fourth-order valence-electron chi connectivity index (χ4n) is 1.93. The Labute approximate surface area is 87.8 Å². The van der Waals surface area contributed by atoms with E-state index in [-0.39, 0.29) is 11.8 Å². The molecule has 1 amide bonds. The van der Waals surface area contributed by atoms with Crippen LogP contribution in [0.1, 0.15) is 6.42 Å². The number of hydrogen-bond donors (Lipinski definition) is 2. The van der Waals surface area contributed by atoms with E-state index in [4.69, 9.17) is 11.5 Å². The quantitative estimate of drug-likeness (QED) is 0.674. The predicted molar refractivity (Wildman–Crippen MR) is 57.1 cm³/mol. The predicted octanol–water partition coefficient (Wildman–Crippen LogP) is -0.686. The van der Waals surface area contributed by atoms with Crippen LogP contribution in [-0.4, -0.2) is 28.8 Å². The first-order valence-electron chi connectivity index (χ1n) is 4.91. The van der Waals surface area contributed by atoms with E-state index in [1.807, 2.05) is 11.9 Å². The maximum atomic E-state index is 11.0. The summed E-state index contributed by atoms with van der Waals surface area (Å²) < 4.78 is 1.67. The molecule has 6 heteroatoms. The first-order valence-corrected chi connectivity index (χ1v) is 4.91. The second-order valence-corrected chi connectivity index (χ2v) is 3.92. The van der Waals surface area contributed by atoms with E-state index in [0.29, 0.717) is 12.2 Å². The van der Waals surface area contributed by atoms with Crippen LogP contribution in [0.3, 0.4) is 0 Å². The van der Waals surface area contributed by atoms with Crippen LogP contribution in [-0.2, 0) is 11.8 Å². The van der Waals surface area contributed by atoms with Crippen LogP contribution in [0.2, 0.25) is 0 Å². The fourth-order valence-corrected chi connectivity index (χ4v) is 1.93. The molecule has 0 aromatic carbocycles. The maximum absolute atomic E-state index is 11.0. The van der Waals surface area contributed by atoms with Gasteiger partial charge in [-0.1, -0.05) is 0 Å². The Hall–Kier alpha value is -1.72. The van der Waals surface area contributed by atoms with E-state index < -0.39 is 0 Å². The summed E-state index contributed by atoms with van der Waals surface area (Å²) in [5.41, 5.74) is 11.7. The molecule has 0 bridgehead atoms. The molecule has 15 heavy (non-hydrogen) atoms. The lowest BCUT2D eigenvalue weighted by molar-refractivity contribution is -0.121. The minimum Gasteiger partial charge on any atom is -0.394 e. The molecule has 1 atom stereocenters. The normalized spacial score (nSPS) is 20.9. The molecule has 1 saturated heterocycles.